The number of sulfonamides is 1. The van der Waals surface area contributed by atoms with Gasteiger partial charge in [0, 0.05) is 36.5 Å². The van der Waals surface area contributed by atoms with Crippen molar-refractivity contribution in [3.63, 3.8) is 0 Å². The Hall–Kier alpha value is -4.29. The van der Waals surface area contributed by atoms with Gasteiger partial charge in [-0.05, 0) is 49.2 Å². The summed E-state index contributed by atoms with van der Waals surface area (Å²) >= 11 is 0. The minimum Gasteiger partial charge on any atom is -0.378 e. The van der Waals surface area contributed by atoms with Crippen LogP contribution >= 0.6 is 0 Å². The average molecular weight is 552 g/mol. The van der Waals surface area contributed by atoms with Gasteiger partial charge in [0.1, 0.15) is 6.54 Å². The lowest BCUT2D eigenvalue weighted by Gasteiger charge is -2.29. The largest absolute Gasteiger partial charge is 0.378 e. The number of amides is 1. The van der Waals surface area contributed by atoms with Crippen LogP contribution in [-0.2, 0) is 19.6 Å². The van der Waals surface area contributed by atoms with Gasteiger partial charge in [-0.1, -0.05) is 30.3 Å². The Morgan fingerprint density at radius 1 is 1.10 bits per heavy atom. The van der Waals surface area contributed by atoms with E-state index in [2.05, 4.69) is 10.5 Å². The Morgan fingerprint density at radius 3 is 2.51 bits per heavy atom. The third kappa shape index (κ3) is 6.41. The number of nitrogens with zero attached hydrogens (tertiary/aromatic N) is 4. The molecule has 3 aromatic rings. The fourth-order valence-corrected chi connectivity index (χ4v) is 5.72. The molecule has 3 aromatic carbocycles. The minimum atomic E-state index is -4.07. The molecule has 0 aromatic heterocycles. The molecule has 0 radical (unpaired) electrons. The molecule has 0 aliphatic carbocycles. The van der Waals surface area contributed by atoms with E-state index in [1.807, 2.05) is 17.9 Å². The van der Waals surface area contributed by atoms with Crippen molar-refractivity contribution < 1.29 is 22.9 Å². The van der Waals surface area contributed by atoms with Gasteiger partial charge < -0.3 is 9.64 Å². The maximum absolute atomic E-state index is 13.6. The summed E-state index contributed by atoms with van der Waals surface area (Å²) in [5.41, 5.74) is 5.39. The minimum absolute atomic E-state index is 0.0500. The van der Waals surface area contributed by atoms with Crippen molar-refractivity contribution in [2.75, 3.05) is 42.1 Å². The Balaban J connectivity index is 1.60. The number of ether oxygens (including phenoxy) is 1. The van der Waals surface area contributed by atoms with Gasteiger partial charge in [-0.15, -0.1) is 0 Å². The number of carbonyl (C=O) groups is 1. The number of benzene rings is 3. The number of nitrogens with one attached hydrogen (secondary N) is 1. The van der Waals surface area contributed by atoms with Gasteiger partial charge in [0.05, 0.1) is 34.9 Å². The van der Waals surface area contributed by atoms with Crippen LogP contribution in [0.1, 0.15) is 16.7 Å². The lowest BCUT2D eigenvalue weighted by atomic mass is 10.1. The molecule has 12 heteroatoms. The van der Waals surface area contributed by atoms with Crippen molar-refractivity contribution >= 4 is 39.2 Å². The quantitative estimate of drug-likeness (QED) is 0.245. The van der Waals surface area contributed by atoms with Crippen molar-refractivity contribution in [1.29, 1.82) is 0 Å². The molecule has 39 heavy (non-hydrogen) atoms. The van der Waals surface area contributed by atoms with E-state index in [1.54, 1.807) is 43.3 Å². The van der Waals surface area contributed by atoms with Crippen LogP contribution in [0.2, 0.25) is 0 Å². The number of nitro benzene ring substituents is 1. The van der Waals surface area contributed by atoms with Gasteiger partial charge in [0.25, 0.3) is 21.6 Å². The van der Waals surface area contributed by atoms with Crippen LogP contribution in [-0.4, -0.2) is 58.3 Å². The number of carbonyl (C=O) groups excluding carboxylic acids is 1. The van der Waals surface area contributed by atoms with Gasteiger partial charge >= 0.3 is 0 Å². The van der Waals surface area contributed by atoms with Crippen molar-refractivity contribution in [1.82, 2.24) is 5.43 Å². The van der Waals surface area contributed by atoms with Gasteiger partial charge in [-0.3, -0.25) is 19.2 Å². The van der Waals surface area contributed by atoms with Gasteiger partial charge in [0.2, 0.25) is 0 Å². The molecule has 0 bridgehead atoms. The third-order valence-corrected chi connectivity index (χ3v) is 8.20. The second-order valence-electron chi connectivity index (χ2n) is 8.94. The molecule has 204 valence electrons. The molecular weight excluding hydrogens is 522 g/mol. The summed E-state index contributed by atoms with van der Waals surface area (Å²) in [6.45, 7) is 5.39. The van der Waals surface area contributed by atoms with Crippen LogP contribution in [0, 0.1) is 24.0 Å². The Labute approximate surface area is 226 Å². The first-order valence-corrected chi connectivity index (χ1v) is 13.7. The summed E-state index contributed by atoms with van der Waals surface area (Å²) < 4.78 is 33.6. The molecule has 0 saturated carbocycles. The highest BCUT2D eigenvalue weighted by Gasteiger charge is 2.28. The van der Waals surface area contributed by atoms with Crippen LogP contribution < -0.4 is 14.6 Å². The average Bonchev–Trinajstić information content (AvgIpc) is 2.94. The molecule has 1 amide bonds. The van der Waals surface area contributed by atoms with Crippen LogP contribution in [0.25, 0.3) is 0 Å². The second kappa shape index (κ2) is 12.0. The van der Waals surface area contributed by atoms with Crippen molar-refractivity contribution in [3.8, 4) is 0 Å². The van der Waals surface area contributed by atoms with Crippen LogP contribution in [0.5, 0.6) is 0 Å². The Kier molecular flexibility index (Phi) is 8.57. The molecule has 4 rings (SSSR count). The molecule has 1 saturated heterocycles. The second-order valence-corrected chi connectivity index (χ2v) is 10.8. The first-order valence-electron chi connectivity index (χ1n) is 12.3. The van der Waals surface area contributed by atoms with Gasteiger partial charge in [-0.2, -0.15) is 5.10 Å². The summed E-state index contributed by atoms with van der Waals surface area (Å²) in [4.78, 5) is 25.9. The number of hydrogen-bond donors (Lipinski definition) is 1. The smallest absolute Gasteiger partial charge is 0.270 e. The summed E-state index contributed by atoms with van der Waals surface area (Å²) in [6, 6.07) is 17.6. The van der Waals surface area contributed by atoms with Crippen LogP contribution in [0.15, 0.2) is 76.7 Å². The van der Waals surface area contributed by atoms with Crippen molar-refractivity contribution in [2.24, 2.45) is 5.10 Å². The van der Waals surface area contributed by atoms with Crippen LogP contribution in [0.4, 0.5) is 17.1 Å². The first kappa shape index (κ1) is 27.7. The number of anilines is 2. The molecule has 1 aliphatic rings. The highest BCUT2D eigenvalue weighted by Crippen LogP contribution is 2.29. The Morgan fingerprint density at radius 2 is 1.82 bits per heavy atom. The molecule has 0 atom stereocenters. The predicted octanol–water partition coefficient (Wildman–Crippen LogP) is 3.39. The number of non-ortho nitro benzene ring substituents is 1. The normalized spacial score (nSPS) is 13.8. The lowest BCUT2D eigenvalue weighted by molar-refractivity contribution is -0.384. The van der Waals surface area contributed by atoms with E-state index in [0.29, 0.717) is 43.2 Å². The molecule has 1 fully saturated rings. The van der Waals surface area contributed by atoms with E-state index in [1.165, 1.54) is 30.5 Å². The highest BCUT2D eigenvalue weighted by atomic mass is 32.2. The summed E-state index contributed by atoms with van der Waals surface area (Å²) in [7, 11) is -4.07. The summed E-state index contributed by atoms with van der Waals surface area (Å²) in [5, 5.41) is 15.3. The highest BCUT2D eigenvalue weighted by molar-refractivity contribution is 7.92. The number of hydrogen-bond acceptors (Lipinski definition) is 8. The predicted molar refractivity (Wildman–Crippen MR) is 149 cm³/mol. The number of hydrazone groups is 1. The number of morpholine rings is 1. The molecule has 1 aliphatic heterocycles. The summed E-state index contributed by atoms with van der Waals surface area (Å²) in [6.07, 6.45) is 1.32. The van der Waals surface area contributed by atoms with E-state index in [4.69, 9.17) is 4.74 Å². The summed E-state index contributed by atoms with van der Waals surface area (Å²) in [5.74, 6) is -0.676. The van der Waals surface area contributed by atoms with Gasteiger partial charge in [-0.25, -0.2) is 13.8 Å². The zero-order chi connectivity index (χ0) is 28.0. The lowest BCUT2D eigenvalue weighted by Crippen LogP contribution is -2.40. The SMILES string of the molecule is Cc1cccc(N(CC(=O)N/N=C\c2cc([N+](=O)[O-])ccc2N2CCOCC2)S(=O)(=O)c2ccccc2)c1C. The fraction of sp³-hybridized carbons (Fsp3) is 0.259. The topological polar surface area (TPSA) is 134 Å². The zero-order valence-electron chi connectivity index (χ0n) is 21.6. The molecule has 1 N–H and O–H groups in total. The van der Waals surface area contributed by atoms with E-state index in [-0.39, 0.29) is 10.6 Å². The van der Waals surface area contributed by atoms with Crippen molar-refractivity contribution in [3.05, 3.63) is 93.5 Å². The van der Waals surface area contributed by atoms with E-state index >= 15 is 0 Å². The van der Waals surface area contributed by atoms with E-state index in [0.717, 1.165) is 15.4 Å². The van der Waals surface area contributed by atoms with Crippen molar-refractivity contribution in [2.45, 2.75) is 18.7 Å². The fourth-order valence-electron chi connectivity index (χ4n) is 4.22. The molecule has 0 spiro atoms. The van der Waals surface area contributed by atoms with E-state index < -0.39 is 27.4 Å². The molecular formula is C27H29N5O6S. The number of nitro groups is 1. The number of rotatable bonds is 9. The molecule has 11 nitrogen and oxygen atoms in total. The number of aryl methyl sites for hydroxylation is 1. The van der Waals surface area contributed by atoms with Crippen LogP contribution in [0.3, 0.4) is 0 Å². The monoisotopic (exact) mass is 551 g/mol. The maximum atomic E-state index is 13.6. The zero-order valence-corrected chi connectivity index (χ0v) is 22.4. The van der Waals surface area contributed by atoms with Gasteiger partial charge in [0.15, 0.2) is 0 Å². The standard InChI is InChI=1S/C27H29N5O6S/c1-20-7-6-10-25(21(20)2)31(39(36,37)24-8-4-3-5-9-24)19-27(33)29-28-18-22-17-23(32(34)35)11-12-26(22)30-13-15-38-16-14-30/h3-12,17-18H,13-16,19H2,1-2H3,(H,29,33)/b28-18-. The molecule has 1 heterocycles. The first-order chi connectivity index (χ1) is 18.7. The molecule has 0 unspecified atom stereocenters. The van der Waals surface area contributed by atoms with E-state index in [9.17, 15) is 23.3 Å². The maximum Gasteiger partial charge on any atom is 0.270 e. The Bertz CT molecular complexity index is 1490. The third-order valence-electron chi connectivity index (χ3n) is 6.43.